The number of aryl methyl sites for hydroxylation is 2. The molecular formula is C15H22N4O. The minimum Gasteiger partial charge on any atom is -0.399 e. The molecule has 1 aromatic heterocycles. The third-order valence-electron chi connectivity index (χ3n) is 3.26. The minimum atomic E-state index is 0.0762. The van der Waals surface area contributed by atoms with Crippen LogP contribution in [-0.4, -0.2) is 22.0 Å². The van der Waals surface area contributed by atoms with Gasteiger partial charge in [0.1, 0.15) is 5.82 Å². The lowest BCUT2D eigenvalue weighted by Gasteiger charge is -2.08. The van der Waals surface area contributed by atoms with E-state index in [1.165, 1.54) is 0 Å². The van der Waals surface area contributed by atoms with Crippen molar-refractivity contribution in [2.45, 2.75) is 39.7 Å². The molecule has 3 N–H and O–H groups in total. The number of anilines is 1. The fourth-order valence-corrected chi connectivity index (χ4v) is 2.36. The van der Waals surface area contributed by atoms with Crippen LogP contribution in [0.25, 0.3) is 11.0 Å². The Morgan fingerprint density at radius 1 is 1.40 bits per heavy atom. The number of imidazole rings is 1. The van der Waals surface area contributed by atoms with E-state index in [2.05, 4.69) is 21.8 Å². The number of nitrogen functional groups attached to an aromatic ring is 1. The summed E-state index contributed by atoms with van der Waals surface area (Å²) in [5.41, 5.74) is 8.48. The largest absolute Gasteiger partial charge is 0.399 e. The van der Waals surface area contributed by atoms with Crippen molar-refractivity contribution >= 4 is 22.6 Å². The predicted octanol–water partition coefficient (Wildman–Crippen LogP) is 2.10. The Hall–Kier alpha value is -2.04. The van der Waals surface area contributed by atoms with Crippen molar-refractivity contribution in [2.24, 2.45) is 0 Å². The Balaban J connectivity index is 2.28. The first-order valence-electron chi connectivity index (χ1n) is 7.17. The van der Waals surface area contributed by atoms with Crippen LogP contribution in [0.3, 0.4) is 0 Å². The van der Waals surface area contributed by atoms with Gasteiger partial charge in [-0.05, 0) is 31.5 Å². The van der Waals surface area contributed by atoms with Gasteiger partial charge < -0.3 is 15.6 Å². The number of nitrogens with zero attached hydrogens (tertiary/aromatic N) is 2. The lowest BCUT2D eigenvalue weighted by atomic mass is 10.2. The van der Waals surface area contributed by atoms with Crippen molar-refractivity contribution in [2.75, 3.05) is 12.3 Å². The molecule has 0 radical (unpaired) electrons. The Morgan fingerprint density at radius 2 is 2.20 bits per heavy atom. The van der Waals surface area contributed by atoms with Crippen LogP contribution < -0.4 is 11.1 Å². The quantitative estimate of drug-likeness (QED) is 0.792. The molecule has 0 spiro atoms. The van der Waals surface area contributed by atoms with E-state index in [1.54, 1.807) is 0 Å². The zero-order chi connectivity index (χ0) is 14.5. The van der Waals surface area contributed by atoms with Gasteiger partial charge in [0.25, 0.3) is 0 Å². The average Bonchev–Trinajstić information content (AvgIpc) is 2.74. The molecule has 0 saturated heterocycles. The number of nitrogens with two attached hydrogens (primary N) is 1. The summed E-state index contributed by atoms with van der Waals surface area (Å²) < 4.78 is 2.13. The summed E-state index contributed by atoms with van der Waals surface area (Å²) in [6.07, 6.45) is 2.41. The summed E-state index contributed by atoms with van der Waals surface area (Å²) in [7, 11) is 0. The minimum absolute atomic E-state index is 0.0762. The normalized spacial score (nSPS) is 10.9. The monoisotopic (exact) mass is 274 g/mol. The van der Waals surface area contributed by atoms with E-state index in [0.29, 0.717) is 25.2 Å². The highest BCUT2D eigenvalue weighted by atomic mass is 16.1. The van der Waals surface area contributed by atoms with Crippen LogP contribution in [0, 0.1) is 0 Å². The number of rotatable bonds is 6. The van der Waals surface area contributed by atoms with Crippen molar-refractivity contribution < 1.29 is 4.79 Å². The van der Waals surface area contributed by atoms with Crippen LogP contribution in [0.5, 0.6) is 0 Å². The lowest BCUT2D eigenvalue weighted by Crippen LogP contribution is -2.24. The highest BCUT2D eigenvalue weighted by Crippen LogP contribution is 2.20. The first-order valence-corrected chi connectivity index (χ1v) is 7.17. The van der Waals surface area contributed by atoms with E-state index in [0.717, 1.165) is 29.7 Å². The summed E-state index contributed by atoms with van der Waals surface area (Å²) in [4.78, 5) is 16.3. The summed E-state index contributed by atoms with van der Waals surface area (Å²) in [5.74, 6) is 1.10. The van der Waals surface area contributed by atoms with Crippen LogP contribution in [-0.2, 0) is 17.8 Å². The summed E-state index contributed by atoms with van der Waals surface area (Å²) in [5, 5.41) is 2.82. The molecule has 0 bridgehead atoms. The number of aromatic nitrogens is 2. The maximum Gasteiger partial charge on any atom is 0.221 e. The van der Waals surface area contributed by atoms with Crippen LogP contribution >= 0.6 is 0 Å². The van der Waals surface area contributed by atoms with Crippen molar-refractivity contribution in [1.29, 1.82) is 0 Å². The molecule has 1 aromatic carbocycles. The number of hydrogen-bond acceptors (Lipinski definition) is 3. The third kappa shape index (κ3) is 3.10. The van der Waals surface area contributed by atoms with E-state index in [-0.39, 0.29) is 5.91 Å². The second-order valence-electron chi connectivity index (χ2n) is 4.88. The van der Waals surface area contributed by atoms with Gasteiger partial charge in [0, 0.05) is 31.6 Å². The van der Waals surface area contributed by atoms with Gasteiger partial charge in [-0.25, -0.2) is 4.98 Å². The number of benzene rings is 1. The van der Waals surface area contributed by atoms with E-state index in [9.17, 15) is 4.79 Å². The molecule has 2 aromatic rings. The van der Waals surface area contributed by atoms with Crippen molar-refractivity contribution in [3.05, 3.63) is 24.0 Å². The van der Waals surface area contributed by atoms with Gasteiger partial charge in [0.2, 0.25) is 5.91 Å². The summed E-state index contributed by atoms with van der Waals surface area (Å²) in [6, 6.07) is 5.74. The summed E-state index contributed by atoms with van der Waals surface area (Å²) in [6.45, 7) is 5.38. The number of carbonyl (C=O) groups is 1. The molecule has 5 nitrogen and oxygen atoms in total. The Kier molecular flexibility index (Phi) is 4.61. The molecule has 108 valence electrons. The standard InChI is InChI=1S/C15H22N4O/c1-3-5-14-18-12-10-11(16)6-7-13(12)19(14)9-8-15(20)17-4-2/h6-7,10H,3-5,8-9,16H2,1-2H3,(H,17,20). The zero-order valence-corrected chi connectivity index (χ0v) is 12.1. The molecule has 0 aliphatic heterocycles. The predicted molar refractivity (Wildman–Crippen MR) is 81.4 cm³/mol. The summed E-state index contributed by atoms with van der Waals surface area (Å²) >= 11 is 0. The Morgan fingerprint density at radius 3 is 2.90 bits per heavy atom. The van der Waals surface area contributed by atoms with Gasteiger partial charge in [0.05, 0.1) is 11.0 Å². The second-order valence-corrected chi connectivity index (χ2v) is 4.88. The smallest absolute Gasteiger partial charge is 0.221 e. The molecule has 0 fully saturated rings. The number of fused-ring (bicyclic) bond motifs is 1. The van der Waals surface area contributed by atoms with Crippen LogP contribution in [0.15, 0.2) is 18.2 Å². The first-order chi connectivity index (χ1) is 9.65. The SMILES string of the molecule is CCCc1nc2cc(N)ccc2n1CCC(=O)NCC. The van der Waals surface area contributed by atoms with Gasteiger partial charge >= 0.3 is 0 Å². The van der Waals surface area contributed by atoms with E-state index in [4.69, 9.17) is 5.73 Å². The van der Waals surface area contributed by atoms with Gasteiger partial charge in [-0.3, -0.25) is 4.79 Å². The second kappa shape index (κ2) is 6.41. The van der Waals surface area contributed by atoms with Gasteiger partial charge in [0.15, 0.2) is 0 Å². The van der Waals surface area contributed by atoms with E-state index < -0.39 is 0 Å². The Bertz CT molecular complexity index is 603. The number of nitrogens with one attached hydrogen (secondary N) is 1. The van der Waals surface area contributed by atoms with Crippen molar-refractivity contribution in [1.82, 2.24) is 14.9 Å². The van der Waals surface area contributed by atoms with Crippen molar-refractivity contribution in [3.8, 4) is 0 Å². The number of amides is 1. The molecule has 0 unspecified atom stereocenters. The molecule has 5 heteroatoms. The van der Waals surface area contributed by atoms with Gasteiger partial charge in [-0.1, -0.05) is 6.92 Å². The molecule has 0 saturated carbocycles. The molecule has 0 atom stereocenters. The maximum absolute atomic E-state index is 11.6. The molecule has 20 heavy (non-hydrogen) atoms. The molecule has 1 heterocycles. The molecule has 2 rings (SSSR count). The number of carbonyl (C=O) groups excluding carboxylic acids is 1. The van der Waals surface area contributed by atoms with Crippen LogP contribution in [0.4, 0.5) is 5.69 Å². The highest BCUT2D eigenvalue weighted by molar-refractivity contribution is 5.80. The fraction of sp³-hybridized carbons (Fsp3) is 0.467. The Labute approximate surface area is 119 Å². The molecule has 0 aliphatic carbocycles. The fourth-order valence-electron chi connectivity index (χ4n) is 2.36. The van der Waals surface area contributed by atoms with E-state index >= 15 is 0 Å². The van der Waals surface area contributed by atoms with Crippen LogP contribution in [0.2, 0.25) is 0 Å². The third-order valence-corrected chi connectivity index (χ3v) is 3.26. The van der Waals surface area contributed by atoms with Crippen molar-refractivity contribution in [3.63, 3.8) is 0 Å². The lowest BCUT2D eigenvalue weighted by molar-refractivity contribution is -0.121. The molecular weight excluding hydrogens is 252 g/mol. The average molecular weight is 274 g/mol. The van der Waals surface area contributed by atoms with Gasteiger partial charge in [-0.2, -0.15) is 0 Å². The molecule has 0 aliphatic rings. The van der Waals surface area contributed by atoms with E-state index in [1.807, 2.05) is 25.1 Å². The zero-order valence-electron chi connectivity index (χ0n) is 12.1. The first kappa shape index (κ1) is 14.4. The highest BCUT2D eigenvalue weighted by Gasteiger charge is 2.11. The topological polar surface area (TPSA) is 72.9 Å². The van der Waals surface area contributed by atoms with Gasteiger partial charge in [-0.15, -0.1) is 0 Å². The molecule has 1 amide bonds. The van der Waals surface area contributed by atoms with Crippen LogP contribution in [0.1, 0.15) is 32.5 Å². The maximum atomic E-state index is 11.6. The number of hydrogen-bond donors (Lipinski definition) is 2.